The summed E-state index contributed by atoms with van der Waals surface area (Å²) >= 11 is 0. The SMILES string of the molecule is CCCCOC(=O)c1ccc(NC(=O)CCc2ccc(S(=O)(=O)NC3CC3)cc2)cc1. The predicted molar refractivity (Wildman–Crippen MR) is 118 cm³/mol. The number of esters is 1. The predicted octanol–water partition coefficient (Wildman–Crippen LogP) is 3.66. The van der Waals surface area contributed by atoms with Crippen molar-refractivity contribution in [2.45, 2.75) is 56.4 Å². The second-order valence-corrected chi connectivity index (χ2v) is 9.37. The van der Waals surface area contributed by atoms with Crippen LogP contribution in [0.5, 0.6) is 0 Å². The first kappa shape index (κ1) is 23.0. The molecule has 0 radical (unpaired) electrons. The Hall–Kier alpha value is -2.71. The van der Waals surface area contributed by atoms with E-state index >= 15 is 0 Å². The van der Waals surface area contributed by atoms with Crippen molar-refractivity contribution < 1.29 is 22.7 Å². The van der Waals surface area contributed by atoms with Crippen LogP contribution in [0.2, 0.25) is 0 Å². The summed E-state index contributed by atoms with van der Waals surface area (Å²) in [6.45, 7) is 2.43. The molecule has 31 heavy (non-hydrogen) atoms. The first-order chi connectivity index (χ1) is 14.9. The molecule has 0 atom stereocenters. The number of hydrogen-bond donors (Lipinski definition) is 2. The molecule has 1 aliphatic carbocycles. The number of anilines is 1. The Kier molecular flexibility index (Phi) is 7.81. The van der Waals surface area contributed by atoms with Crippen molar-refractivity contribution in [3.05, 3.63) is 59.7 Å². The molecular formula is C23H28N2O5S. The Morgan fingerprint density at radius 3 is 2.32 bits per heavy atom. The molecule has 1 saturated carbocycles. The monoisotopic (exact) mass is 444 g/mol. The Morgan fingerprint density at radius 1 is 1.03 bits per heavy atom. The van der Waals surface area contributed by atoms with Gasteiger partial charge in [0.15, 0.2) is 0 Å². The van der Waals surface area contributed by atoms with E-state index in [4.69, 9.17) is 4.74 Å². The van der Waals surface area contributed by atoms with Gasteiger partial charge in [0.05, 0.1) is 17.1 Å². The Balaban J connectivity index is 1.46. The van der Waals surface area contributed by atoms with Gasteiger partial charge >= 0.3 is 5.97 Å². The summed E-state index contributed by atoms with van der Waals surface area (Å²) in [4.78, 5) is 24.4. The number of nitrogens with one attached hydrogen (secondary N) is 2. The second kappa shape index (κ2) is 10.5. The Morgan fingerprint density at radius 2 is 1.71 bits per heavy atom. The minimum Gasteiger partial charge on any atom is -0.462 e. The third kappa shape index (κ3) is 7.18. The number of rotatable bonds is 11. The summed E-state index contributed by atoms with van der Waals surface area (Å²) in [6, 6.07) is 13.2. The maximum absolute atomic E-state index is 12.2. The molecule has 0 aromatic heterocycles. The van der Waals surface area contributed by atoms with Gasteiger partial charge in [-0.25, -0.2) is 17.9 Å². The minimum atomic E-state index is -3.46. The van der Waals surface area contributed by atoms with E-state index in [1.807, 2.05) is 6.92 Å². The lowest BCUT2D eigenvalue weighted by Gasteiger charge is -2.08. The van der Waals surface area contributed by atoms with Crippen LogP contribution in [-0.2, 0) is 26.0 Å². The van der Waals surface area contributed by atoms with Crippen LogP contribution in [0.1, 0.15) is 54.9 Å². The highest BCUT2D eigenvalue weighted by atomic mass is 32.2. The number of amides is 1. The molecule has 166 valence electrons. The maximum Gasteiger partial charge on any atom is 0.338 e. The molecule has 2 aromatic rings. The summed E-state index contributed by atoms with van der Waals surface area (Å²) in [5.74, 6) is -0.533. The normalized spacial score (nSPS) is 13.6. The second-order valence-electron chi connectivity index (χ2n) is 7.65. The summed E-state index contributed by atoms with van der Waals surface area (Å²) in [7, 11) is -3.46. The van der Waals surface area contributed by atoms with Gasteiger partial charge in [0.25, 0.3) is 0 Å². The van der Waals surface area contributed by atoms with E-state index in [0.717, 1.165) is 31.2 Å². The third-order valence-corrected chi connectivity index (χ3v) is 6.45. The molecule has 0 spiro atoms. The molecular weight excluding hydrogens is 416 g/mol. The van der Waals surface area contributed by atoms with Gasteiger partial charge < -0.3 is 10.1 Å². The van der Waals surface area contributed by atoms with Crippen LogP contribution in [0.25, 0.3) is 0 Å². The van der Waals surface area contributed by atoms with Crippen molar-refractivity contribution >= 4 is 27.6 Å². The molecule has 1 aliphatic rings. The van der Waals surface area contributed by atoms with E-state index in [-0.39, 0.29) is 29.2 Å². The molecule has 1 fully saturated rings. The van der Waals surface area contributed by atoms with Crippen molar-refractivity contribution in [1.29, 1.82) is 0 Å². The molecule has 0 heterocycles. The first-order valence-electron chi connectivity index (χ1n) is 10.6. The zero-order valence-electron chi connectivity index (χ0n) is 17.6. The van der Waals surface area contributed by atoms with Crippen LogP contribution in [0.15, 0.2) is 53.4 Å². The highest BCUT2D eigenvalue weighted by Crippen LogP contribution is 2.22. The number of sulfonamides is 1. The van der Waals surface area contributed by atoms with E-state index in [9.17, 15) is 18.0 Å². The van der Waals surface area contributed by atoms with Crippen molar-refractivity contribution in [2.75, 3.05) is 11.9 Å². The minimum absolute atomic E-state index is 0.0640. The zero-order valence-corrected chi connectivity index (χ0v) is 18.4. The number of carbonyl (C=O) groups is 2. The summed E-state index contributed by atoms with van der Waals surface area (Å²) in [6.07, 6.45) is 4.31. The van der Waals surface area contributed by atoms with E-state index in [0.29, 0.717) is 24.3 Å². The van der Waals surface area contributed by atoms with Crippen molar-refractivity contribution in [3.63, 3.8) is 0 Å². The molecule has 0 aliphatic heterocycles. The van der Waals surface area contributed by atoms with Crippen LogP contribution >= 0.6 is 0 Å². The van der Waals surface area contributed by atoms with Gasteiger partial charge in [0.1, 0.15) is 0 Å². The van der Waals surface area contributed by atoms with Gasteiger partial charge in [0.2, 0.25) is 15.9 Å². The summed E-state index contributed by atoms with van der Waals surface area (Å²) in [5.41, 5.74) is 1.92. The zero-order chi connectivity index (χ0) is 22.3. The number of hydrogen-bond acceptors (Lipinski definition) is 5. The molecule has 0 bridgehead atoms. The van der Waals surface area contributed by atoms with Crippen LogP contribution < -0.4 is 10.0 Å². The third-order valence-electron chi connectivity index (χ3n) is 4.91. The number of carbonyl (C=O) groups excluding carboxylic acids is 2. The molecule has 2 aromatic carbocycles. The maximum atomic E-state index is 12.2. The number of benzene rings is 2. The van der Waals surface area contributed by atoms with Crippen LogP contribution in [-0.4, -0.2) is 32.9 Å². The lowest BCUT2D eigenvalue weighted by Crippen LogP contribution is -2.25. The standard InChI is InChI=1S/C23H28N2O5S/c1-2-3-16-30-23(27)18-7-9-19(10-8-18)24-22(26)15-6-17-4-13-21(14-5-17)31(28,29)25-20-11-12-20/h4-5,7-10,13-14,20,25H,2-3,6,11-12,15-16H2,1H3,(H,24,26). The van der Waals surface area contributed by atoms with Gasteiger partial charge in [-0.1, -0.05) is 25.5 Å². The molecule has 0 saturated heterocycles. The number of aryl methyl sites for hydroxylation is 1. The fourth-order valence-electron chi connectivity index (χ4n) is 2.89. The highest BCUT2D eigenvalue weighted by molar-refractivity contribution is 7.89. The van der Waals surface area contributed by atoms with Crippen molar-refractivity contribution in [1.82, 2.24) is 4.72 Å². The van der Waals surface area contributed by atoms with Crippen molar-refractivity contribution in [3.8, 4) is 0 Å². The summed E-state index contributed by atoms with van der Waals surface area (Å²) < 4.78 is 32.2. The topological polar surface area (TPSA) is 102 Å². The van der Waals surface area contributed by atoms with Crippen LogP contribution in [0, 0.1) is 0 Å². The molecule has 2 N–H and O–H groups in total. The molecule has 0 unspecified atom stereocenters. The quantitative estimate of drug-likeness (QED) is 0.407. The van der Waals surface area contributed by atoms with Gasteiger partial charge in [-0.2, -0.15) is 0 Å². The van der Waals surface area contributed by atoms with Crippen LogP contribution in [0.3, 0.4) is 0 Å². The molecule has 8 heteroatoms. The Bertz CT molecular complexity index is 997. The number of ether oxygens (including phenoxy) is 1. The number of unbranched alkanes of at least 4 members (excludes halogenated alkanes) is 1. The van der Waals surface area contributed by atoms with E-state index < -0.39 is 10.0 Å². The average molecular weight is 445 g/mol. The molecule has 7 nitrogen and oxygen atoms in total. The summed E-state index contributed by atoms with van der Waals surface area (Å²) in [5, 5.41) is 2.80. The fraction of sp³-hybridized carbons (Fsp3) is 0.391. The van der Waals surface area contributed by atoms with Gasteiger partial charge in [-0.15, -0.1) is 0 Å². The van der Waals surface area contributed by atoms with Crippen LogP contribution in [0.4, 0.5) is 5.69 Å². The van der Waals surface area contributed by atoms with Gasteiger partial charge in [-0.05, 0) is 67.6 Å². The molecule has 3 rings (SSSR count). The Labute approximate surface area is 183 Å². The first-order valence-corrected chi connectivity index (χ1v) is 12.0. The lowest BCUT2D eigenvalue weighted by molar-refractivity contribution is -0.116. The molecule has 1 amide bonds. The van der Waals surface area contributed by atoms with E-state index in [1.165, 1.54) is 0 Å². The van der Waals surface area contributed by atoms with E-state index in [1.54, 1.807) is 48.5 Å². The lowest BCUT2D eigenvalue weighted by atomic mass is 10.1. The van der Waals surface area contributed by atoms with E-state index in [2.05, 4.69) is 10.0 Å². The van der Waals surface area contributed by atoms with Gasteiger partial charge in [0, 0.05) is 18.2 Å². The van der Waals surface area contributed by atoms with Gasteiger partial charge in [-0.3, -0.25) is 4.79 Å². The largest absolute Gasteiger partial charge is 0.462 e. The fourth-order valence-corrected chi connectivity index (χ4v) is 4.19. The highest BCUT2D eigenvalue weighted by Gasteiger charge is 2.27. The smallest absolute Gasteiger partial charge is 0.338 e. The van der Waals surface area contributed by atoms with Crippen molar-refractivity contribution in [2.24, 2.45) is 0 Å². The average Bonchev–Trinajstić information content (AvgIpc) is 3.56.